The summed E-state index contributed by atoms with van der Waals surface area (Å²) in [6, 6.07) is 7.43. The van der Waals surface area contributed by atoms with Crippen LogP contribution in [0.4, 0.5) is 0 Å². The fraction of sp³-hybridized carbons (Fsp3) is 0.214. The molecule has 0 aromatic carbocycles. The predicted molar refractivity (Wildman–Crippen MR) is 77.6 cm³/mol. The first-order valence-corrected chi connectivity index (χ1v) is 6.99. The van der Waals surface area contributed by atoms with E-state index in [1.54, 1.807) is 17.5 Å². The molecule has 1 amide bonds. The molecule has 2 aromatic rings. The smallest absolute Gasteiger partial charge is 0.267 e. The molecule has 1 N–H and O–H groups in total. The van der Waals surface area contributed by atoms with E-state index in [1.807, 2.05) is 29.6 Å². The van der Waals surface area contributed by atoms with Crippen molar-refractivity contribution in [3.8, 4) is 0 Å². The quantitative estimate of drug-likeness (QED) is 0.672. The second-order valence-corrected chi connectivity index (χ2v) is 5.00. The fourth-order valence-corrected chi connectivity index (χ4v) is 2.52. The zero-order valence-corrected chi connectivity index (χ0v) is 11.5. The average Bonchev–Trinajstić information content (AvgIpc) is 2.89. The van der Waals surface area contributed by atoms with Crippen LogP contribution in [-0.4, -0.2) is 17.1 Å². The molecule has 0 aliphatic carbocycles. The number of aromatic nitrogens is 1. The number of carbonyl (C=O) groups is 1. The summed E-state index contributed by atoms with van der Waals surface area (Å²) in [6.45, 7) is 2.12. The Morgan fingerprint density at radius 1 is 1.53 bits per heavy atom. The second-order valence-electron chi connectivity index (χ2n) is 4.01. The van der Waals surface area contributed by atoms with Gasteiger partial charge in [0.1, 0.15) is 0 Å². The number of amides is 1. The summed E-state index contributed by atoms with van der Waals surface area (Å²) in [6.07, 6.45) is 5.30. The van der Waals surface area contributed by atoms with Crippen LogP contribution in [0.3, 0.4) is 0 Å². The SMILES string of the molecule is CCCc1cc(C(=O)NN=Cc2ccccn2)cs1. The molecule has 0 bridgehead atoms. The Balaban J connectivity index is 1.92. The molecule has 0 fully saturated rings. The summed E-state index contributed by atoms with van der Waals surface area (Å²) >= 11 is 1.61. The highest BCUT2D eigenvalue weighted by molar-refractivity contribution is 7.10. The lowest BCUT2D eigenvalue weighted by Crippen LogP contribution is -2.16. The van der Waals surface area contributed by atoms with Gasteiger partial charge in [-0.05, 0) is 24.6 Å². The van der Waals surface area contributed by atoms with Crippen LogP contribution in [-0.2, 0) is 6.42 Å². The summed E-state index contributed by atoms with van der Waals surface area (Å²) in [5, 5.41) is 5.75. The van der Waals surface area contributed by atoms with Gasteiger partial charge in [0.15, 0.2) is 0 Å². The lowest BCUT2D eigenvalue weighted by molar-refractivity contribution is 0.0955. The molecule has 2 heterocycles. The van der Waals surface area contributed by atoms with Crippen molar-refractivity contribution in [2.75, 3.05) is 0 Å². The van der Waals surface area contributed by atoms with Crippen LogP contribution in [0.1, 0.15) is 34.3 Å². The van der Waals surface area contributed by atoms with E-state index in [2.05, 4.69) is 22.4 Å². The molecule has 0 aliphatic rings. The van der Waals surface area contributed by atoms with Gasteiger partial charge in [0.2, 0.25) is 0 Å². The number of rotatable bonds is 5. The number of hydrogen-bond donors (Lipinski definition) is 1. The molecule has 0 unspecified atom stereocenters. The van der Waals surface area contributed by atoms with E-state index >= 15 is 0 Å². The van der Waals surface area contributed by atoms with Gasteiger partial charge in [-0.2, -0.15) is 5.10 Å². The third-order valence-electron chi connectivity index (χ3n) is 2.46. The molecule has 2 rings (SSSR count). The van der Waals surface area contributed by atoms with Crippen molar-refractivity contribution in [2.45, 2.75) is 19.8 Å². The summed E-state index contributed by atoms with van der Waals surface area (Å²) < 4.78 is 0. The third-order valence-corrected chi connectivity index (χ3v) is 3.46. The van der Waals surface area contributed by atoms with E-state index in [0.29, 0.717) is 11.3 Å². The number of hydrogen-bond acceptors (Lipinski definition) is 4. The molecule has 0 spiro atoms. The van der Waals surface area contributed by atoms with E-state index in [4.69, 9.17) is 0 Å². The Hall–Kier alpha value is -2.01. The summed E-state index contributed by atoms with van der Waals surface area (Å²) in [5.74, 6) is -0.189. The van der Waals surface area contributed by atoms with Crippen LogP contribution in [0, 0.1) is 0 Å². The van der Waals surface area contributed by atoms with Gasteiger partial charge in [-0.3, -0.25) is 9.78 Å². The molecular weight excluding hydrogens is 258 g/mol. The Morgan fingerprint density at radius 2 is 2.42 bits per heavy atom. The van der Waals surface area contributed by atoms with Crippen LogP contribution < -0.4 is 5.43 Å². The Morgan fingerprint density at radius 3 is 3.16 bits per heavy atom. The van der Waals surface area contributed by atoms with Gasteiger partial charge < -0.3 is 0 Å². The van der Waals surface area contributed by atoms with Gasteiger partial charge in [-0.15, -0.1) is 11.3 Å². The van der Waals surface area contributed by atoms with Gasteiger partial charge in [0.05, 0.1) is 17.5 Å². The van der Waals surface area contributed by atoms with Gasteiger partial charge in [0.25, 0.3) is 5.91 Å². The maximum atomic E-state index is 11.8. The molecule has 0 atom stereocenters. The number of nitrogens with zero attached hydrogens (tertiary/aromatic N) is 2. The maximum absolute atomic E-state index is 11.8. The van der Waals surface area contributed by atoms with Crippen molar-refractivity contribution in [3.63, 3.8) is 0 Å². The number of pyridine rings is 1. The molecule has 19 heavy (non-hydrogen) atoms. The van der Waals surface area contributed by atoms with Crippen molar-refractivity contribution in [3.05, 3.63) is 52.0 Å². The molecule has 0 radical (unpaired) electrons. The van der Waals surface area contributed by atoms with Crippen molar-refractivity contribution in [1.82, 2.24) is 10.4 Å². The largest absolute Gasteiger partial charge is 0.272 e. The first-order chi connectivity index (χ1) is 9.29. The van der Waals surface area contributed by atoms with Gasteiger partial charge in [-0.1, -0.05) is 19.4 Å². The van der Waals surface area contributed by atoms with Crippen molar-refractivity contribution >= 4 is 23.5 Å². The molecule has 98 valence electrons. The molecule has 4 nitrogen and oxygen atoms in total. The number of hydrazone groups is 1. The van der Waals surface area contributed by atoms with E-state index in [0.717, 1.165) is 12.8 Å². The normalized spacial score (nSPS) is 10.8. The van der Waals surface area contributed by atoms with Gasteiger partial charge >= 0.3 is 0 Å². The van der Waals surface area contributed by atoms with Gasteiger partial charge in [0, 0.05) is 16.5 Å². The molecule has 2 aromatic heterocycles. The summed E-state index contributed by atoms with van der Waals surface area (Å²) in [5.41, 5.74) is 3.87. The number of thiophene rings is 1. The monoisotopic (exact) mass is 273 g/mol. The second kappa shape index (κ2) is 6.80. The molecule has 0 aliphatic heterocycles. The first kappa shape index (κ1) is 13.4. The van der Waals surface area contributed by atoms with E-state index in [9.17, 15) is 4.79 Å². The standard InChI is InChI=1S/C14H15N3OS/c1-2-5-13-8-11(10-19-13)14(18)17-16-9-12-6-3-4-7-15-12/h3-4,6-10H,2,5H2,1H3,(H,17,18). The minimum Gasteiger partial charge on any atom is -0.267 e. The number of aryl methyl sites for hydroxylation is 1. The highest BCUT2D eigenvalue weighted by atomic mass is 32.1. The molecule has 5 heteroatoms. The van der Waals surface area contributed by atoms with Crippen LogP contribution in [0.25, 0.3) is 0 Å². The summed E-state index contributed by atoms with van der Waals surface area (Å²) in [4.78, 5) is 17.1. The Labute approximate surface area is 116 Å². The van der Waals surface area contributed by atoms with Crippen LogP contribution in [0.5, 0.6) is 0 Å². The topological polar surface area (TPSA) is 54.4 Å². The molecular formula is C14H15N3OS. The summed E-state index contributed by atoms with van der Waals surface area (Å²) in [7, 11) is 0. The minimum absolute atomic E-state index is 0.189. The van der Waals surface area contributed by atoms with Crippen LogP contribution in [0.2, 0.25) is 0 Å². The minimum atomic E-state index is -0.189. The Bertz CT molecular complexity index is 563. The van der Waals surface area contributed by atoms with Crippen molar-refractivity contribution in [1.29, 1.82) is 0 Å². The third kappa shape index (κ3) is 3.99. The zero-order valence-electron chi connectivity index (χ0n) is 10.7. The Kier molecular flexibility index (Phi) is 4.80. The zero-order chi connectivity index (χ0) is 13.5. The number of carbonyl (C=O) groups excluding carboxylic acids is 1. The maximum Gasteiger partial charge on any atom is 0.272 e. The fourth-order valence-electron chi connectivity index (χ4n) is 1.55. The molecule has 0 saturated heterocycles. The van der Waals surface area contributed by atoms with Crippen LogP contribution in [0.15, 0.2) is 40.9 Å². The van der Waals surface area contributed by atoms with E-state index in [-0.39, 0.29) is 5.91 Å². The van der Waals surface area contributed by atoms with Crippen molar-refractivity contribution < 1.29 is 4.79 Å². The highest BCUT2D eigenvalue weighted by Crippen LogP contribution is 2.16. The van der Waals surface area contributed by atoms with E-state index < -0.39 is 0 Å². The van der Waals surface area contributed by atoms with E-state index in [1.165, 1.54) is 11.1 Å². The lowest BCUT2D eigenvalue weighted by atomic mass is 10.2. The van der Waals surface area contributed by atoms with Gasteiger partial charge in [-0.25, -0.2) is 5.43 Å². The predicted octanol–water partition coefficient (Wildman–Crippen LogP) is 2.86. The highest BCUT2D eigenvalue weighted by Gasteiger charge is 2.07. The van der Waals surface area contributed by atoms with Crippen LogP contribution >= 0.6 is 11.3 Å². The number of nitrogens with one attached hydrogen (secondary N) is 1. The average molecular weight is 273 g/mol. The first-order valence-electron chi connectivity index (χ1n) is 6.11. The molecule has 0 saturated carbocycles. The lowest BCUT2D eigenvalue weighted by Gasteiger charge is -1.95. The van der Waals surface area contributed by atoms with Crippen molar-refractivity contribution in [2.24, 2.45) is 5.10 Å².